The van der Waals surface area contributed by atoms with E-state index in [1.54, 1.807) is 13.0 Å². The number of amidine groups is 1. The number of halogens is 2. The molecule has 5 rings (SSSR count). The third kappa shape index (κ3) is 7.19. The number of carbonyl (C=O) groups excluding carboxylic acids is 1. The molecule has 15 heteroatoms. The maximum absolute atomic E-state index is 15.3. The van der Waals surface area contributed by atoms with Gasteiger partial charge in [-0.2, -0.15) is 5.26 Å². The number of hydrogen-bond acceptors (Lipinski definition) is 9. The topological polar surface area (TPSA) is 141 Å². The Kier molecular flexibility index (Phi) is 9.77. The number of nitrogens with zero attached hydrogens (tertiary/aromatic N) is 6. The Hall–Kier alpha value is -3.87. The summed E-state index contributed by atoms with van der Waals surface area (Å²) >= 11 is 1.08. The van der Waals surface area contributed by atoms with E-state index < -0.39 is 42.4 Å². The zero-order chi connectivity index (χ0) is 34.1. The lowest BCUT2D eigenvalue weighted by atomic mass is 9.85. The maximum atomic E-state index is 15.3. The number of aromatic nitrogens is 2. The van der Waals surface area contributed by atoms with Gasteiger partial charge in [0.05, 0.1) is 30.5 Å². The number of nitriles is 1. The number of carboxylic acid groups (broad SMARTS) is 1. The molecule has 1 aliphatic carbocycles. The molecule has 1 unspecified atom stereocenters. The van der Waals surface area contributed by atoms with Gasteiger partial charge in [-0.1, -0.05) is 31.4 Å². The monoisotopic (exact) mass is 684 g/mol. The second-order valence-electron chi connectivity index (χ2n) is 13.3. The Balaban J connectivity index is 1.55. The van der Waals surface area contributed by atoms with Gasteiger partial charge >= 0.3 is 6.09 Å². The van der Waals surface area contributed by atoms with Crippen molar-refractivity contribution < 1.29 is 33.0 Å². The number of methoxy groups -OCH3 is 1. The molecule has 0 spiro atoms. The highest BCUT2D eigenvalue weighted by Gasteiger charge is 2.72. The molecular formula is C32H38F2N6O5SSi. The Morgan fingerprint density at radius 2 is 2.06 bits per heavy atom. The van der Waals surface area contributed by atoms with Gasteiger partial charge in [-0.05, 0) is 55.6 Å². The predicted octanol–water partition coefficient (Wildman–Crippen LogP) is 5.76. The minimum Gasteiger partial charge on any atom is -0.481 e. The first-order valence-electron chi connectivity index (χ1n) is 15.3. The van der Waals surface area contributed by atoms with Gasteiger partial charge in [-0.15, -0.1) is 0 Å². The highest BCUT2D eigenvalue weighted by Crippen LogP contribution is 2.67. The Bertz CT molecular complexity index is 1650. The first-order valence-corrected chi connectivity index (χ1v) is 19.8. The van der Waals surface area contributed by atoms with Gasteiger partial charge in [0.25, 0.3) is 0 Å². The van der Waals surface area contributed by atoms with Crippen LogP contribution >= 0.6 is 11.8 Å². The Morgan fingerprint density at radius 1 is 1.30 bits per heavy atom. The number of thioether (sulfide) groups is 1. The molecule has 2 amide bonds. The third-order valence-electron chi connectivity index (χ3n) is 8.69. The number of carbonyl (C=O) groups is 2. The van der Waals surface area contributed by atoms with Crippen molar-refractivity contribution in [2.75, 3.05) is 33.5 Å². The number of amides is 2. The van der Waals surface area contributed by atoms with Gasteiger partial charge in [0, 0.05) is 45.1 Å². The summed E-state index contributed by atoms with van der Waals surface area (Å²) in [6, 6.07) is 7.29. The number of aliphatic imine (C=N–C) groups is 1. The zero-order valence-electron chi connectivity index (χ0n) is 27.0. The lowest BCUT2D eigenvalue weighted by Gasteiger charge is -2.38. The standard InChI is InChI=1S/C32H38F2N6O5SSi/c1-31(23-12-21(17-37-27(23)44-2)13-24(34)25-7-6-20(15-35)16-36-25)26-14-32(26,28(41)39-9-8-22(33)18-39)46-29(38-31)40(30(42)43)19-45-10-11-47(3,4)5/h6-7,12-13,16-17,22,26H,8-11,14,18-19H2,1-5H3,(H,42,43)/b24-13-/t22?,26-,31+,32-/m0/s1. The van der Waals surface area contributed by atoms with Crippen LogP contribution in [0.25, 0.3) is 11.9 Å². The maximum Gasteiger partial charge on any atom is 0.415 e. The normalized spacial score (nSPS) is 25.4. The first-order chi connectivity index (χ1) is 22.2. The second-order valence-corrected chi connectivity index (χ2v) is 20.3. The quantitative estimate of drug-likeness (QED) is 0.188. The number of hydrogen-bond donors (Lipinski definition) is 1. The zero-order valence-corrected chi connectivity index (χ0v) is 28.8. The van der Waals surface area contributed by atoms with E-state index in [1.807, 2.05) is 6.07 Å². The van der Waals surface area contributed by atoms with Gasteiger partial charge in [0.2, 0.25) is 11.8 Å². The van der Waals surface area contributed by atoms with Crippen molar-refractivity contribution in [3.05, 3.63) is 53.0 Å². The Morgan fingerprint density at radius 3 is 2.66 bits per heavy atom. The number of ether oxygens (including phenoxy) is 2. The minimum absolute atomic E-state index is 0.0205. The fourth-order valence-corrected chi connectivity index (χ4v) is 8.30. The van der Waals surface area contributed by atoms with Crippen LogP contribution in [0.1, 0.15) is 42.1 Å². The molecule has 1 N–H and O–H groups in total. The highest BCUT2D eigenvalue weighted by molar-refractivity contribution is 8.16. The molecule has 0 aromatic carbocycles. The molecule has 2 fully saturated rings. The molecule has 2 aliphatic heterocycles. The summed E-state index contributed by atoms with van der Waals surface area (Å²) in [5, 5.41) is 19.4. The van der Waals surface area contributed by atoms with Crippen LogP contribution in [0.15, 0.2) is 35.6 Å². The molecule has 47 heavy (non-hydrogen) atoms. The van der Waals surface area contributed by atoms with Crippen LogP contribution in [0.5, 0.6) is 5.88 Å². The van der Waals surface area contributed by atoms with Crippen LogP contribution in [0.3, 0.4) is 0 Å². The van der Waals surface area contributed by atoms with Crippen molar-refractivity contribution >= 4 is 48.9 Å². The van der Waals surface area contributed by atoms with E-state index in [4.69, 9.17) is 19.7 Å². The molecule has 0 radical (unpaired) electrons. The number of pyridine rings is 2. The summed E-state index contributed by atoms with van der Waals surface area (Å²) in [7, 11) is -0.0138. The molecule has 4 atom stereocenters. The largest absolute Gasteiger partial charge is 0.481 e. The van der Waals surface area contributed by atoms with Gasteiger partial charge in [0.1, 0.15) is 29.5 Å². The van der Waals surface area contributed by atoms with Crippen molar-refractivity contribution in [2.24, 2.45) is 10.9 Å². The Labute approximate surface area is 277 Å². The number of rotatable bonds is 10. The van der Waals surface area contributed by atoms with Crippen molar-refractivity contribution in [3.63, 3.8) is 0 Å². The summed E-state index contributed by atoms with van der Waals surface area (Å²) < 4.78 is 39.9. The van der Waals surface area contributed by atoms with Crippen LogP contribution < -0.4 is 4.74 Å². The van der Waals surface area contributed by atoms with Gasteiger partial charge in [-0.3, -0.25) is 14.8 Å². The molecule has 11 nitrogen and oxygen atoms in total. The van der Waals surface area contributed by atoms with Crippen LogP contribution in [0, 0.1) is 17.2 Å². The van der Waals surface area contributed by atoms with Gasteiger partial charge in [-0.25, -0.2) is 23.5 Å². The highest BCUT2D eigenvalue weighted by atomic mass is 32.2. The van der Waals surface area contributed by atoms with Crippen LogP contribution in [0.4, 0.5) is 13.6 Å². The summed E-state index contributed by atoms with van der Waals surface area (Å²) in [5.74, 6) is -1.17. The average molecular weight is 685 g/mol. The average Bonchev–Trinajstić information content (AvgIpc) is 3.64. The first kappa shape index (κ1) is 34.5. The van der Waals surface area contributed by atoms with E-state index in [0.717, 1.165) is 22.7 Å². The SMILES string of the molecule is COc1ncc(/C=C(\F)c2ccc(C#N)cn2)cc1[C@@]1(C)N=C(N(COCC[Si](C)(C)C)C(=O)O)S[C@@]2(C(=O)N3CCC(F)C3)C[C@H]21. The number of fused-ring (bicyclic) bond motifs is 1. The fourth-order valence-electron chi connectivity index (χ4n) is 5.91. The smallest absolute Gasteiger partial charge is 0.415 e. The lowest BCUT2D eigenvalue weighted by Crippen LogP contribution is -2.48. The molecule has 1 saturated carbocycles. The predicted molar refractivity (Wildman–Crippen MR) is 177 cm³/mol. The molecule has 2 aromatic heterocycles. The van der Waals surface area contributed by atoms with Crippen LogP contribution in [-0.4, -0.2) is 94.6 Å². The van der Waals surface area contributed by atoms with E-state index in [1.165, 1.54) is 42.6 Å². The molecular weight excluding hydrogens is 647 g/mol. The molecule has 4 heterocycles. The van der Waals surface area contributed by atoms with Gasteiger partial charge < -0.3 is 19.5 Å². The lowest BCUT2D eigenvalue weighted by molar-refractivity contribution is -0.131. The summed E-state index contributed by atoms with van der Waals surface area (Å²) in [4.78, 5) is 42.6. The van der Waals surface area contributed by atoms with E-state index in [-0.39, 0.29) is 48.9 Å². The fraction of sp³-hybridized carbons (Fsp3) is 0.500. The summed E-state index contributed by atoms with van der Waals surface area (Å²) in [6.45, 7) is 8.70. The van der Waals surface area contributed by atoms with Crippen LogP contribution in [-0.2, 0) is 15.1 Å². The van der Waals surface area contributed by atoms with Gasteiger partial charge in [0.15, 0.2) is 5.17 Å². The summed E-state index contributed by atoms with van der Waals surface area (Å²) in [5.41, 5.74) is -0.133. The molecule has 1 saturated heterocycles. The third-order valence-corrected chi connectivity index (χ3v) is 11.9. The van der Waals surface area contributed by atoms with E-state index in [0.29, 0.717) is 29.7 Å². The molecule has 2 aromatic rings. The number of likely N-dealkylation sites (tertiary alicyclic amines) is 1. The van der Waals surface area contributed by atoms with Crippen LogP contribution in [0.2, 0.25) is 25.7 Å². The van der Waals surface area contributed by atoms with Crippen molar-refractivity contribution in [3.8, 4) is 11.9 Å². The van der Waals surface area contributed by atoms with Crippen molar-refractivity contribution in [1.82, 2.24) is 19.8 Å². The minimum atomic E-state index is -1.45. The van der Waals surface area contributed by atoms with E-state index in [9.17, 15) is 19.1 Å². The van der Waals surface area contributed by atoms with Crippen molar-refractivity contribution in [2.45, 2.75) is 61.9 Å². The molecule has 0 bridgehead atoms. The summed E-state index contributed by atoms with van der Waals surface area (Å²) in [6.07, 6.45) is 2.11. The van der Waals surface area contributed by atoms with E-state index >= 15 is 4.39 Å². The molecule has 3 aliphatic rings. The van der Waals surface area contributed by atoms with Crippen molar-refractivity contribution in [1.29, 1.82) is 5.26 Å². The van der Waals surface area contributed by atoms with E-state index in [2.05, 4.69) is 29.6 Å². The second kappa shape index (κ2) is 13.3. The number of alkyl halides is 1. The molecule has 250 valence electrons.